The van der Waals surface area contributed by atoms with E-state index in [4.69, 9.17) is 8.83 Å². The molecule has 10 aromatic rings. The number of hydrogen-bond donors (Lipinski definition) is 0. The number of aromatic nitrogens is 1. The molecular weight excluding hydrogens is 663 g/mol. The molecule has 0 spiro atoms. The first-order valence-electron chi connectivity index (χ1n) is 18.3. The maximum Gasteiger partial charge on any atom is 0.135 e. The Kier molecular flexibility index (Phi) is 5.90. The van der Waals surface area contributed by atoms with Crippen molar-refractivity contribution in [3.63, 3.8) is 0 Å². The Balaban J connectivity index is 1.01. The molecule has 1 aliphatic carbocycles. The van der Waals surface area contributed by atoms with Crippen molar-refractivity contribution >= 4 is 82.6 Å². The standard InChI is InChI=1S/C49H29N3O2/c50-28-29-16-21-46-38(24-29)40-27-32(19-23-48(40)54-46)52-42-13-5-2-10-36(42)49-33(11-7-14-44(49)52)30-17-20-43-37(25-30)34-8-1-4-12-41(34)51(43)31-18-22-47-39(26-31)35-9-3-6-15-45(35)53-47/h1-27,37,43H. The van der Waals surface area contributed by atoms with Gasteiger partial charge in [0.1, 0.15) is 22.3 Å². The van der Waals surface area contributed by atoms with Gasteiger partial charge in [-0.05, 0) is 95.6 Å². The van der Waals surface area contributed by atoms with Crippen LogP contribution in [0.2, 0.25) is 0 Å². The van der Waals surface area contributed by atoms with Crippen molar-refractivity contribution in [2.45, 2.75) is 12.0 Å². The molecule has 7 aromatic carbocycles. The lowest BCUT2D eigenvalue weighted by Crippen LogP contribution is -2.28. The lowest BCUT2D eigenvalue weighted by Gasteiger charge is -2.30. The molecule has 2 aliphatic rings. The number of allylic oxidation sites excluding steroid dienone is 2. The molecule has 1 aliphatic heterocycles. The summed E-state index contributed by atoms with van der Waals surface area (Å²) >= 11 is 0. The second-order valence-corrected chi connectivity index (χ2v) is 14.4. The molecule has 2 atom stereocenters. The van der Waals surface area contributed by atoms with Crippen LogP contribution in [0.5, 0.6) is 0 Å². The molecule has 3 aromatic heterocycles. The molecule has 54 heavy (non-hydrogen) atoms. The van der Waals surface area contributed by atoms with Crippen LogP contribution in [0.4, 0.5) is 11.4 Å². The molecule has 0 saturated heterocycles. The summed E-state index contributed by atoms with van der Waals surface area (Å²) in [5.41, 5.74) is 13.5. The Bertz CT molecular complexity index is 3330. The van der Waals surface area contributed by atoms with Crippen molar-refractivity contribution in [1.82, 2.24) is 4.57 Å². The highest BCUT2D eigenvalue weighted by Gasteiger charge is 2.38. The quantitative estimate of drug-likeness (QED) is 0.185. The Morgan fingerprint density at radius 1 is 0.556 bits per heavy atom. The van der Waals surface area contributed by atoms with E-state index < -0.39 is 0 Å². The summed E-state index contributed by atoms with van der Waals surface area (Å²) in [4.78, 5) is 2.49. The summed E-state index contributed by atoms with van der Waals surface area (Å²) in [6.45, 7) is 0. The number of rotatable bonds is 3. The van der Waals surface area contributed by atoms with Crippen LogP contribution in [0.3, 0.4) is 0 Å². The van der Waals surface area contributed by atoms with E-state index in [1.54, 1.807) is 6.07 Å². The SMILES string of the molecule is N#Cc1ccc2oc3ccc(-n4c5ccccc5c5c(C6=CC7c8ccccc8N(c8ccc9oc%10ccccc%10c9c8)C7C=C6)cccc54)cc3c2c1. The summed E-state index contributed by atoms with van der Waals surface area (Å²) in [5.74, 6) is 0.177. The number of furan rings is 2. The van der Waals surface area contributed by atoms with E-state index in [-0.39, 0.29) is 12.0 Å². The highest BCUT2D eigenvalue weighted by atomic mass is 16.3. The number of anilines is 2. The van der Waals surface area contributed by atoms with Crippen LogP contribution in [0.15, 0.2) is 173 Å². The van der Waals surface area contributed by atoms with Crippen molar-refractivity contribution in [3.8, 4) is 11.8 Å². The number of para-hydroxylation sites is 3. The highest BCUT2D eigenvalue weighted by Crippen LogP contribution is 2.50. The van der Waals surface area contributed by atoms with Gasteiger partial charge in [-0.2, -0.15) is 5.26 Å². The minimum atomic E-state index is 0.139. The molecule has 0 saturated carbocycles. The predicted octanol–water partition coefficient (Wildman–Crippen LogP) is 12.7. The van der Waals surface area contributed by atoms with Crippen LogP contribution in [-0.2, 0) is 0 Å². The van der Waals surface area contributed by atoms with Gasteiger partial charge in [0.05, 0.1) is 28.7 Å². The third-order valence-corrected chi connectivity index (χ3v) is 11.5. The van der Waals surface area contributed by atoms with Crippen molar-refractivity contribution in [2.75, 3.05) is 4.90 Å². The normalized spacial score (nSPS) is 16.5. The average molecular weight is 692 g/mol. The topological polar surface area (TPSA) is 58.2 Å². The van der Waals surface area contributed by atoms with E-state index in [2.05, 4.69) is 143 Å². The Morgan fingerprint density at radius 2 is 1.22 bits per heavy atom. The van der Waals surface area contributed by atoms with Gasteiger partial charge in [0.25, 0.3) is 0 Å². The molecule has 5 nitrogen and oxygen atoms in total. The third-order valence-electron chi connectivity index (χ3n) is 11.5. The molecular formula is C49H29N3O2. The fraction of sp³-hybridized carbons (Fsp3) is 0.0408. The summed E-state index contributed by atoms with van der Waals surface area (Å²) in [5, 5.41) is 16.3. The number of fused-ring (bicyclic) bond motifs is 12. The Labute approximate surface area is 309 Å². The highest BCUT2D eigenvalue weighted by molar-refractivity contribution is 6.15. The minimum absolute atomic E-state index is 0.139. The van der Waals surface area contributed by atoms with Crippen molar-refractivity contribution < 1.29 is 8.83 Å². The van der Waals surface area contributed by atoms with Gasteiger partial charge in [0.15, 0.2) is 0 Å². The van der Waals surface area contributed by atoms with E-state index in [0.717, 1.165) is 66.3 Å². The lowest BCUT2D eigenvalue weighted by molar-refractivity contribution is 0.668. The molecule has 5 heteroatoms. The molecule has 4 heterocycles. The first kappa shape index (κ1) is 29.3. The van der Waals surface area contributed by atoms with Crippen LogP contribution >= 0.6 is 0 Å². The zero-order chi connectivity index (χ0) is 35.5. The van der Waals surface area contributed by atoms with Crippen molar-refractivity contribution in [1.29, 1.82) is 5.26 Å². The summed E-state index contributed by atoms with van der Waals surface area (Å²) in [7, 11) is 0. The molecule has 2 unspecified atom stereocenters. The molecule has 252 valence electrons. The number of benzene rings is 7. The van der Waals surface area contributed by atoms with Crippen LogP contribution < -0.4 is 4.90 Å². The Hall–Kier alpha value is -7.29. The van der Waals surface area contributed by atoms with Crippen LogP contribution in [0.1, 0.15) is 22.6 Å². The van der Waals surface area contributed by atoms with Crippen LogP contribution in [0.25, 0.3) is 76.9 Å². The number of nitrogens with zero attached hydrogens (tertiary/aromatic N) is 3. The molecule has 0 radical (unpaired) electrons. The monoisotopic (exact) mass is 691 g/mol. The number of nitriles is 1. The minimum Gasteiger partial charge on any atom is -0.456 e. The van der Waals surface area contributed by atoms with Gasteiger partial charge in [-0.3, -0.25) is 0 Å². The van der Waals surface area contributed by atoms with Gasteiger partial charge in [-0.1, -0.05) is 85.0 Å². The van der Waals surface area contributed by atoms with Gasteiger partial charge in [0.2, 0.25) is 0 Å². The molecule has 12 rings (SSSR count). The van der Waals surface area contributed by atoms with Gasteiger partial charge >= 0.3 is 0 Å². The fourth-order valence-corrected chi connectivity index (χ4v) is 9.21. The van der Waals surface area contributed by atoms with Crippen molar-refractivity contribution in [3.05, 3.63) is 181 Å². The smallest absolute Gasteiger partial charge is 0.135 e. The summed E-state index contributed by atoms with van der Waals surface area (Å²) in [6.07, 6.45) is 7.19. The van der Waals surface area contributed by atoms with Gasteiger partial charge in [-0.15, -0.1) is 0 Å². The molecule has 0 N–H and O–H groups in total. The molecule has 0 bridgehead atoms. The second-order valence-electron chi connectivity index (χ2n) is 14.4. The average Bonchev–Trinajstić information content (AvgIpc) is 3.97. The predicted molar refractivity (Wildman–Crippen MR) is 219 cm³/mol. The van der Waals surface area contributed by atoms with E-state index in [1.165, 1.54) is 33.2 Å². The largest absolute Gasteiger partial charge is 0.456 e. The summed E-state index contributed by atoms with van der Waals surface area (Å²) < 4.78 is 14.7. The zero-order valence-corrected chi connectivity index (χ0v) is 28.9. The molecule has 0 amide bonds. The number of hydrogen-bond acceptors (Lipinski definition) is 4. The van der Waals surface area contributed by atoms with E-state index in [9.17, 15) is 5.26 Å². The Morgan fingerprint density at radius 3 is 2.09 bits per heavy atom. The first-order chi connectivity index (χ1) is 26.7. The maximum absolute atomic E-state index is 9.60. The van der Waals surface area contributed by atoms with Gasteiger partial charge in [0, 0.05) is 55.3 Å². The first-order valence-corrected chi connectivity index (χ1v) is 18.3. The lowest BCUT2D eigenvalue weighted by atomic mass is 9.85. The van der Waals surface area contributed by atoms with Crippen molar-refractivity contribution in [2.24, 2.45) is 0 Å². The van der Waals surface area contributed by atoms with Gasteiger partial charge in [-0.25, -0.2) is 0 Å². The van der Waals surface area contributed by atoms with Gasteiger partial charge < -0.3 is 18.3 Å². The van der Waals surface area contributed by atoms with Crippen LogP contribution in [-0.4, -0.2) is 10.6 Å². The summed E-state index contributed by atoms with van der Waals surface area (Å²) in [6, 6.07) is 53.5. The van der Waals surface area contributed by atoms with E-state index in [1.807, 2.05) is 30.3 Å². The van der Waals surface area contributed by atoms with E-state index in [0.29, 0.717) is 5.56 Å². The van der Waals surface area contributed by atoms with E-state index >= 15 is 0 Å². The maximum atomic E-state index is 9.60. The van der Waals surface area contributed by atoms with Crippen LogP contribution in [0, 0.1) is 11.3 Å². The fourth-order valence-electron chi connectivity index (χ4n) is 9.21. The zero-order valence-electron chi connectivity index (χ0n) is 28.9. The third kappa shape index (κ3) is 4.02. The molecule has 0 fully saturated rings. The second kappa shape index (κ2) is 10.9.